The normalized spacial score (nSPS) is 31.2. The van der Waals surface area contributed by atoms with E-state index in [-0.39, 0.29) is 0 Å². The summed E-state index contributed by atoms with van der Waals surface area (Å²) in [7, 11) is 2.26. The van der Waals surface area contributed by atoms with E-state index >= 15 is 0 Å². The van der Waals surface area contributed by atoms with Crippen LogP contribution in [0.4, 0.5) is 11.5 Å². The molecule has 0 spiro atoms. The van der Waals surface area contributed by atoms with Gasteiger partial charge in [0.15, 0.2) is 0 Å². The van der Waals surface area contributed by atoms with Crippen molar-refractivity contribution in [1.29, 1.82) is 0 Å². The van der Waals surface area contributed by atoms with Crippen molar-refractivity contribution < 1.29 is 0 Å². The molecule has 19 heavy (non-hydrogen) atoms. The third-order valence-electron chi connectivity index (χ3n) is 4.54. The minimum atomic E-state index is 0.472. The van der Waals surface area contributed by atoms with E-state index in [2.05, 4.69) is 22.2 Å². The predicted molar refractivity (Wildman–Crippen MR) is 79.5 cm³/mol. The van der Waals surface area contributed by atoms with Gasteiger partial charge in [0.05, 0.1) is 16.9 Å². The van der Waals surface area contributed by atoms with Gasteiger partial charge in [-0.05, 0) is 38.8 Å². The molecule has 3 heterocycles. The van der Waals surface area contributed by atoms with Crippen molar-refractivity contribution >= 4 is 23.1 Å². The fourth-order valence-corrected chi connectivity index (χ4v) is 3.72. The molecule has 104 valence electrons. The van der Waals surface area contributed by atoms with Crippen molar-refractivity contribution in [3.05, 3.63) is 17.3 Å². The molecule has 2 atom stereocenters. The van der Waals surface area contributed by atoms with Gasteiger partial charge in [-0.3, -0.25) is 0 Å². The van der Waals surface area contributed by atoms with Gasteiger partial charge in [-0.1, -0.05) is 18.0 Å². The van der Waals surface area contributed by atoms with Crippen LogP contribution in [0.2, 0.25) is 5.02 Å². The molecule has 1 aromatic heterocycles. The van der Waals surface area contributed by atoms with E-state index in [1.54, 1.807) is 12.3 Å². The summed E-state index contributed by atoms with van der Waals surface area (Å²) >= 11 is 6.18. The molecule has 2 fully saturated rings. The summed E-state index contributed by atoms with van der Waals surface area (Å²) in [5.41, 5.74) is 6.28. The summed E-state index contributed by atoms with van der Waals surface area (Å²) < 4.78 is 0. The fourth-order valence-electron chi connectivity index (χ4n) is 3.49. The maximum Gasteiger partial charge on any atom is 0.145 e. The van der Waals surface area contributed by atoms with E-state index < -0.39 is 0 Å². The van der Waals surface area contributed by atoms with Crippen molar-refractivity contribution in [3.8, 4) is 0 Å². The highest BCUT2D eigenvalue weighted by Crippen LogP contribution is 2.34. The van der Waals surface area contributed by atoms with Crippen LogP contribution >= 0.6 is 11.6 Å². The van der Waals surface area contributed by atoms with Gasteiger partial charge in [0.25, 0.3) is 0 Å². The highest BCUT2D eigenvalue weighted by Gasteiger charge is 2.36. The second-order valence-corrected chi connectivity index (χ2v) is 6.22. The SMILES string of the molecule is CN1C2CCCC1CC(Nc1ncc(N)cc1Cl)C2. The number of halogens is 1. The number of anilines is 2. The van der Waals surface area contributed by atoms with Crippen LogP contribution in [-0.4, -0.2) is 35.1 Å². The number of nitrogens with two attached hydrogens (primary N) is 1. The molecular weight excluding hydrogens is 260 g/mol. The van der Waals surface area contributed by atoms with Crippen molar-refractivity contribution in [3.63, 3.8) is 0 Å². The number of hydrogen-bond donors (Lipinski definition) is 2. The molecule has 2 saturated heterocycles. The largest absolute Gasteiger partial charge is 0.397 e. The number of pyridine rings is 1. The van der Waals surface area contributed by atoms with Crippen LogP contribution < -0.4 is 11.1 Å². The van der Waals surface area contributed by atoms with Crippen molar-refractivity contribution in [2.24, 2.45) is 0 Å². The number of fused-ring (bicyclic) bond motifs is 2. The standard InChI is InChI=1S/C14H21ClN4/c1-19-11-3-2-4-12(19)7-10(6-11)18-14-13(15)5-9(16)8-17-14/h5,8,10-12H,2-4,6-7,16H2,1H3,(H,17,18). The fraction of sp³-hybridized carbons (Fsp3) is 0.643. The number of nitrogens with one attached hydrogen (secondary N) is 1. The number of hydrogen-bond acceptors (Lipinski definition) is 4. The highest BCUT2D eigenvalue weighted by molar-refractivity contribution is 6.33. The molecule has 1 aromatic rings. The predicted octanol–water partition coefficient (Wildman–Crippen LogP) is 2.74. The van der Waals surface area contributed by atoms with Gasteiger partial charge in [0.2, 0.25) is 0 Å². The maximum atomic E-state index is 6.18. The van der Waals surface area contributed by atoms with Gasteiger partial charge in [-0.2, -0.15) is 0 Å². The van der Waals surface area contributed by atoms with Gasteiger partial charge >= 0.3 is 0 Å². The Kier molecular flexibility index (Phi) is 3.54. The maximum absolute atomic E-state index is 6.18. The highest BCUT2D eigenvalue weighted by atomic mass is 35.5. The molecule has 5 heteroatoms. The van der Waals surface area contributed by atoms with Gasteiger partial charge < -0.3 is 16.0 Å². The van der Waals surface area contributed by atoms with E-state index in [4.69, 9.17) is 17.3 Å². The molecule has 2 bridgehead atoms. The van der Waals surface area contributed by atoms with Crippen LogP contribution in [-0.2, 0) is 0 Å². The Balaban J connectivity index is 1.70. The molecule has 3 rings (SSSR count). The Hall–Kier alpha value is -1.00. The quantitative estimate of drug-likeness (QED) is 0.875. The van der Waals surface area contributed by atoms with Crippen LogP contribution in [0.5, 0.6) is 0 Å². The summed E-state index contributed by atoms with van der Waals surface area (Å²) in [6, 6.07) is 3.64. The summed E-state index contributed by atoms with van der Waals surface area (Å²) in [5.74, 6) is 0.767. The number of nitrogens with zero attached hydrogens (tertiary/aromatic N) is 2. The number of piperidine rings is 2. The van der Waals surface area contributed by atoms with Gasteiger partial charge in [0, 0.05) is 18.1 Å². The molecule has 2 aliphatic rings. The zero-order valence-electron chi connectivity index (χ0n) is 11.3. The first kappa shape index (κ1) is 13.0. The van der Waals surface area contributed by atoms with E-state index in [1.807, 2.05) is 0 Å². The molecule has 2 aliphatic heterocycles. The third-order valence-corrected chi connectivity index (χ3v) is 4.83. The molecule has 2 unspecified atom stereocenters. The van der Waals surface area contributed by atoms with E-state index in [1.165, 1.54) is 32.1 Å². The van der Waals surface area contributed by atoms with Crippen molar-refractivity contribution in [1.82, 2.24) is 9.88 Å². The third kappa shape index (κ3) is 2.65. The summed E-state index contributed by atoms with van der Waals surface area (Å²) in [6.07, 6.45) is 8.00. The first-order valence-corrected chi connectivity index (χ1v) is 7.41. The Morgan fingerprint density at radius 1 is 1.37 bits per heavy atom. The molecule has 4 nitrogen and oxygen atoms in total. The topological polar surface area (TPSA) is 54.2 Å². The van der Waals surface area contributed by atoms with Crippen LogP contribution in [0, 0.1) is 0 Å². The van der Waals surface area contributed by atoms with Crippen LogP contribution in [0.3, 0.4) is 0 Å². The lowest BCUT2D eigenvalue weighted by Gasteiger charge is -2.47. The molecule has 0 aromatic carbocycles. The second-order valence-electron chi connectivity index (χ2n) is 5.82. The molecular formula is C14H21ClN4. The zero-order valence-corrected chi connectivity index (χ0v) is 12.0. The van der Waals surface area contributed by atoms with E-state index in [0.29, 0.717) is 28.8 Å². The number of aromatic nitrogens is 1. The first-order chi connectivity index (χ1) is 9.13. The number of nitrogen functional groups attached to an aromatic ring is 1. The molecule has 0 radical (unpaired) electrons. The monoisotopic (exact) mass is 280 g/mol. The Bertz CT molecular complexity index is 451. The van der Waals surface area contributed by atoms with Crippen LogP contribution in [0.1, 0.15) is 32.1 Å². The van der Waals surface area contributed by atoms with Crippen LogP contribution in [0.25, 0.3) is 0 Å². The Morgan fingerprint density at radius 3 is 2.68 bits per heavy atom. The van der Waals surface area contributed by atoms with Gasteiger partial charge in [-0.25, -0.2) is 4.98 Å². The minimum Gasteiger partial charge on any atom is -0.397 e. The van der Waals surface area contributed by atoms with Crippen LogP contribution in [0.15, 0.2) is 12.3 Å². The molecule has 0 amide bonds. The zero-order chi connectivity index (χ0) is 13.4. The van der Waals surface area contributed by atoms with Gasteiger partial charge in [0.1, 0.15) is 5.82 Å². The Morgan fingerprint density at radius 2 is 2.05 bits per heavy atom. The summed E-state index contributed by atoms with van der Waals surface area (Å²) in [6.45, 7) is 0. The molecule has 0 aliphatic carbocycles. The summed E-state index contributed by atoms with van der Waals surface area (Å²) in [4.78, 5) is 6.86. The van der Waals surface area contributed by atoms with Crippen molar-refractivity contribution in [2.45, 2.75) is 50.2 Å². The lowest BCUT2D eigenvalue weighted by molar-refractivity contribution is 0.0608. The molecule has 0 saturated carbocycles. The summed E-state index contributed by atoms with van der Waals surface area (Å²) in [5, 5.41) is 4.12. The van der Waals surface area contributed by atoms with Crippen molar-refractivity contribution in [2.75, 3.05) is 18.1 Å². The smallest absolute Gasteiger partial charge is 0.145 e. The van der Waals surface area contributed by atoms with E-state index in [0.717, 1.165) is 5.82 Å². The lowest BCUT2D eigenvalue weighted by Crippen LogP contribution is -2.52. The van der Waals surface area contributed by atoms with Gasteiger partial charge in [-0.15, -0.1) is 0 Å². The average Bonchev–Trinajstić information content (AvgIpc) is 2.34. The minimum absolute atomic E-state index is 0.472. The lowest BCUT2D eigenvalue weighted by atomic mass is 9.82. The first-order valence-electron chi connectivity index (χ1n) is 7.03. The second kappa shape index (κ2) is 5.17. The molecule has 3 N–H and O–H groups in total. The average molecular weight is 281 g/mol. The number of rotatable bonds is 2. The van der Waals surface area contributed by atoms with E-state index in [9.17, 15) is 0 Å². The Labute approximate surface area is 119 Å².